The first-order valence-corrected chi connectivity index (χ1v) is 16.1. The summed E-state index contributed by atoms with van der Waals surface area (Å²) in [6.07, 6.45) is 1.01. The van der Waals surface area contributed by atoms with Crippen LogP contribution in [0.5, 0.6) is 5.75 Å². The van der Waals surface area contributed by atoms with Gasteiger partial charge in [-0.25, -0.2) is 8.42 Å². The second-order valence-corrected chi connectivity index (χ2v) is 12.4. The maximum Gasteiger partial charge on any atom is 0.264 e. The summed E-state index contributed by atoms with van der Waals surface area (Å²) >= 11 is 12.5. The fourth-order valence-corrected chi connectivity index (χ4v) is 6.10. The first-order chi connectivity index (χ1) is 20.0. The Bertz CT molecular complexity index is 1470. The van der Waals surface area contributed by atoms with Gasteiger partial charge in [-0.2, -0.15) is 0 Å². The first-order valence-electron chi connectivity index (χ1n) is 13.9. The van der Waals surface area contributed by atoms with Gasteiger partial charge in [0.2, 0.25) is 11.8 Å². The number of ether oxygens (including phenoxy) is 1. The molecule has 1 N–H and O–H groups in total. The van der Waals surface area contributed by atoms with E-state index >= 15 is 0 Å². The van der Waals surface area contributed by atoms with E-state index in [1.165, 1.54) is 29.2 Å². The molecule has 0 saturated heterocycles. The van der Waals surface area contributed by atoms with Gasteiger partial charge in [-0.15, -0.1) is 0 Å². The summed E-state index contributed by atoms with van der Waals surface area (Å²) in [6, 6.07) is 18.4. The number of nitrogens with one attached hydrogen (secondary N) is 1. The normalized spacial score (nSPS) is 12.7. The van der Waals surface area contributed by atoms with Gasteiger partial charge < -0.3 is 15.0 Å². The Morgan fingerprint density at radius 2 is 1.55 bits per heavy atom. The third-order valence-electron chi connectivity index (χ3n) is 6.80. The summed E-state index contributed by atoms with van der Waals surface area (Å²) in [5.74, 6) is -0.608. The molecule has 0 aliphatic rings. The van der Waals surface area contributed by atoms with E-state index in [2.05, 4.69) is 5.32 Å². The van der Waals surface area contributed by atoms with E-state index in [0.29, 0.717) is 34.2 Å². The Labute approximate surface area is 258 Å². The van der Waals surface area contributed by atoms with Gasteiger partial charge in [0.05, 0.1) is 17.2 Å². The van der Waals surface area contributed by atoms with Crippen molar-refractivity contribution >= 4 is 50.7 Å². The Morgan fingerprint density at radius 3 is 2.17 bits per heavy atom. The maximum atomic E-state index is 14.2. The van der Waals surface area contributed by atoms with E-state index in [-0.39, 0.29) is 35.7 Å². The second-order valence-electron chi connectivity index (χ2n) is 9.72. The molecule has 0 fully saturated rings. The number of carbonyl (C=O) groups excluding carboxylic acids is 2. The smallest absolute Gasteiger partial charge is 0.264 e. The molecule has 42 heavy (non-hydrogen) atoms. The quantitative estimate of drug-likeness (QED) is 0.224. The average molecular weight is 635 g/mol. The number of carbonyl (C=O) groups is 2. The van der Waals surface area contributed by atoms with Crippen LogP contribution < -0.4 is 14.4 Å². The number of benzene rings is 3. The van der Waals surface area contributed by atoms with Crippen LogP contribution in [0, 0.1) is 0 Å². The van der Waals surface area contributed by atoms with E-state index in [1.807, 2.05) is 13.8 Å². The Morgan fingerprint density at radius 1 is 0.905 bits per heavy atom. The third-order valence-corrected chi connectivity index (χ3v) is 9.19. The molecule has 3 rings (SSSR count). The minimum Gasteiger partial charge on any atom is -0.492 e. The summed E-state index contributed by atoms with van der Waals surface area (Å²) in [5.41, 5.74) is 0.821. The topological polar surface area (TPSA) is 96.0 Å². The van der Waals surface area contributed by atoms with Gasteiger partial charge in [0.1, 0.15) is 18.3 Å². The number of halogens is 2. The number of anilines is 1. The molecule has 0 aromatic heterocycles. The number of hydrogen-bond donors (Lipinski definition) is 1. The van der Waals surface area contributed by atoms with E-state index < -0.39 is 28.5 Å². The van der Waals surface area contributed by atoms with Gasteiger partial charge in [-0.05, 0) is 74.7 Å². The highest BCUT2D eigenvalue weighted by molar-refractivity contribution is 7.92. The van der Waals surface area contributed by atoms with Crippen molar-refractivity contribution in [2.24, 2.45) is 0 Å². The van der Waals surface area contributed by atoms with Crippen LogP contribution in [-0.2, 0) is 26.2 Å². The van der Waals surface area contributed by atoms with Crippen LogP contribution in [0.15, 0.2) is 77.7 Å². The van der Waals surface area contributed by atoms with Crippen molar-refractivity contribution in [3.05, 3.63) is 88.4 Å². The second kappa shape index (κ2) is 15.3. The fraction of sp³-hybridized carbons (Fsp3) is 0.355. The molecule has 0 aliphatic heterocycles. The summed E-state index contributed by atoms with van der Waals surface area (Å²) < 4.78 is 34.9. The predicted molar refractivity (Wildman–Crippen MR) is 168 cm³/mol. The molecule has 0 unspecified atom stereocenters. The summed E-state index contributed by atoms with van der Waals surface area (Å²) in [5, 5.41) is 3.76. The van der Waals surface area contributed by atoms with E-state index in [9.17, 15) is 18.0 Å². The zero-order valence-electron chi connectivity index (χ0n) is 24.2. The highest BCUT2D eigenvalue weighted by Gasteiger charge is 2.35. The van der Waals surface area contributed by atoms with Crippen molar-refractivity contribution in [2.75, 3.05) is 17.5 Å². The van der Waals surface area contributed by atoms with Crippen molar-refractivity contribution in [1.29, 1.82) is 0 Å². The van der Waals surface area contributed by atoms with E-state index in [1.54, 1.807) is 62.4 Å². The van der Waals surface area contributed by atoms with E-state index in [4.69, 9.17) is 27.9 Å². The molecule has 3 aromatic carbocycles. The summed E-state index contributed by atoms with van der Waals surface area (Å²) in [6.45, 7) is 7.13. The van der Waals surface area contributed by atoms with Crippen molar-refractivity contribution < 1.29 is 22.7 Å². The lowest BCUT2D eigenvalue weighted by Gasteiger charge is -2.34. The number of amides is 2. The molecule has 0 saturated carbocycles. The zero-order chi connectivity index (χ0) is 30.9. The van der Waals surface area contributed by atoms with Crippen molar-refractivity contribution in [2.45, 2.75) is 64.1 Å². The molecule has 226 valence electrons. The SMILES string of the molecule is CCOc1ccccc1N(CC(=O)N(Cc1ccccc1Cl)[C@@H](CC)C(=O)N[C@H](C)CC)S(=O)(=O)c1ccc(Cl)cc1. The standard InChI is InChI=1S/C31H37Cl2N3O5S/c1-5-22(4)34-31(38)27(6-2)35(20-23-12-8-9-13-26(23)33)30(37)21-36(28-14-10-11-15-29(28)41-7-3)42(39,40)25-18-16-24(32)17-19-25/h8-19,22,27H,5-7,20-21H2,1-4H3,(H,34,38)/t22-,27+/m1/s1. The predicted octanol–water partition coefficient (Wildman–Crippen LogP) is 6.31. The van der Waals surface area contributed by atoms with Crippen LogP contribution in [0.1, 0.15) is 46.1 Å². The minimum absolute atomic E-state index is 0.00682. The van der Waals surface area contributed by atoms with Gasteiger partial charge in [-0.1, -0.05) is 67.4 Å². The lowest BCUT2D eigenvalue weighted by molar-refractivity contribution is -0.140. The van der Waals surface area contributed by atoms with Gasteiger partial charge in [0.15, 0.2) is 0 Å². The maximum absolute atomic E-state index is 14.2. The molecule has 2 atom stereocenters. The van der Waals surface area contributed by atoms with Gasteiger partial charge >= 0.3 is 0 Å². The van der Waals surface area contributed by atoms with Crippen LogP contribution in [-0.4, -0.2) is 50.4 Å². The lowest BCUT2D eigenvalue weighted by atomic mass is 10.1. The number of nitrogens with zero attached hydrogens (tertiary/aromatic N) is 2. The monoisotopic (exact) mass is 633 g/mol. The Hall–Kier alpha value is -3.27. The molecule has 2 amide bonds. The van der Waals surface area contributed by atoms with Crippen LogP contribution in [0.3, 0.4) is 0 Å². The molecule has 0 radical (unpaired) electrons. The molecule has 0 spiro atoms. The lowest BCUT2D eigenvalue weighted by Crippen LogP contribution is -2.53. The van der Waals surface area contributed by atoms with Gasteiger partial charge in [0.25, 0.3) is 10.0 Å². The highest BCUT2D eigenvalue weighted by atomic mass is 35.5. The molecular weight excluding hydrogens is 597 g/mol. The molecule has 0 bridgehead atoms. The number of rotatable bonds is 14. The highest BCUT2D eigenvalue weighted by Crippen LogP contribution is 2.33. The van der Waals surface area contributed by atoms with Crippen LogP contribution in [0.4, 0.5) is 5.69 Å². The molecule has 0 heterocycles. The van der Waals surface area contributed by atoms with Crippen LogP contribution in [0.25, 0.3) is 0 Å². The summed E-state index contributed by atoms with van der Waals surface area (Å²) in [4.78, 5) is 29.0. The molecule has 11 heteroatoms. The van der Waals surface area contributed by atoms with Gasteiger partial charge in [-0.3, -0.25) is 13.9 Å². The Balaban J connectivity index is 2.12. The third kappa shape index (κ3) is 8.18. The van der Waals surface area contributed by atoms with Crippen molar-refractivity contribution in [3.63, 3.8) is 0 Å². The summed E-state index contributed by atoms with van der Waals surface area (Å²) in [7, 11) is -4.28. The first kappa shape index (κ1) is 33.2. The molecular formula is C31H37Cl2N3O5S. The van der Waals surface area contributed by atoms with Crippen molar-refractivity contribution in [1.82, 2.24) is 10.2 Å². The number of sulfonamides is 1. The Kier molecular flexibility index (Phi) is 12.1. The zero-order valence-corrected chi connectivity index (χ0v) is 26.5. The van der Waals surface area contributed by atoms with Gasteiger partial charge in [0, 0.05) is 22.6 Å². The number of para-hydroxylation sites is 2. The fourth-order valence-electron chi connectivity index (χ4n) is 4.36. The average Bonchev–Trinajstić information content (AvgIpc) is 2.97. The van der Waals surface area contributed by atoms with Crippen LogP contribution >= 0.6 is 23.2 Å². The minimum atomic E-state index is -4.28. The van der Waals surface area contributed by atoms with Crippen molar-refractivity contribution in [3.8, 4) is 5.75 Å². The largest absolute Gasteiger partial charge is 0.492 e. The molecule has 0 aliphatic carbocycles. The van der Waals surface area contributed by atoms with Crippen LogP contribution in [0.2, 0.25) is 10.0 Å². The van der Waals surface area contributed by atoms with E-state index in [0.717, 1.165) is 4.31 Å². The molecule has 8 nitrogen and oxygen atoms in total. The number of hydrogen-bond acceptors (Lipinski definition) is 5. The molecule has 3 aromatic rings.